The van der Waals surface area contributed by atoms with Crippen LogP contribution in [-0.4, -0.2) is 27.3 Å². The summed E-state index contributed by atoms with van der Waals surface area (Å²) in [4.78, 5) is 22.1. The third-order valence-electron chi connectivity index (χ3n) is 1.96. The summed E-state index contributed by atoms with van der Waals surface area (Å²) in [6.07, 6.45) is 0. The van der Waals surface area contributed by atoms with Gasteiger partial charge in [-0.2, -0.15) is 0 Å². The number of ether oxygens (including phenoxy) is 1. The summed E-state index contributed by atoms with van der Waals surface area (Å²) in [5.41, 5.74) is -0.391. The van der Waals surface area contributed by atoms with Crippen molar-refractivity contribution < 1.29 is 29.1 Å². The predicted octanol–water partition coefficient (Wildman–Crippen LogP) is 1.30. The molecule has 0 bridgehead atoms. The first-order valence-electron chi connectivity index (χ1n) is 4.77. The maximum Gasteiger partial charge on any atom is 0.382 e. The maximum atomic E-state index is 11.5. The van der Waals surface area contributed by atoms with E-state index in [1.54, 1.807) is 0 Å². The number of carbonyl (C=O) groups excluding carboxylic acids is 1. The molecule has 0 aliphatic heterocycles. The van der Waals surface area contributed by atoms with Crippen molar-refractivity contribution in [3.8, 4) is 11.5 Å². The highest BCUT2D eigenvalue weighted by atomic mass is 16.6. The SMILES string of the molecule is O=C(O)c1cc(C(=O)Oc2cccc(O)c2)on1. The van der Waals surface area contributed by atoms with Crippen molar-refractivity contribution in [3.05, 3.63) is 41.8 Å². The zero-order valence-electron chi connectivity index (χ0n) is 8.86. The Bertz CT molecular complexity index is 603. The predicted molar refractivity (Wildman–Crippen MR) is 56.5 cm³/mol. The molecule has 2 rings (SSSR count). The van der Waals surface area contributed by atoms with E-state index in [9.17, 15) is 9.59 Å². The summed E-state index contributed by atoms with van der Waals surface area (Å²) < 4.78 is 9.37. The van der Waals surface area contributed by atoms with Gasteiger partial charge in [-0.3, -0.25) is 0 Å². The van der Waals surface area contributed by atoms with Crippen LogP contribution in [0, 0.1) is 0 Å². The first-order chi connectivity index (χ1) is 8.56. The number of hydrogen-bond donors (Lipinski definition) is 2. The quantitative estimate of drug-likeness (QED) is 0.623. The molecule has 0 unspecified atom stereocenters. The van der Waals surface area contributed by atoms with Crippen LogP contribution in [0.25, 0.3) is 0 Å². The van der Waals surface area contributed by atoms with Crippen molar-refractivity contribution in [1.82, 2.24) is 5.16 Å². The fourth-order valence-corrected chi connectivity index (χ4v) is 1.18. The standard InChI is InChI=1S/C11H7NO6/c13-6-2-1-3-7(4-6)17-11(16)9-5-8(10(14)15)12-18-9/h1-5,13H,(H,14,15). The lowest BCUT2D eigenvalue weighted by Gasteiger charge is -2.01. The third-order valence-corrected chi connectivity index (χ3v) is 1.96. The summed E-state index contributed by atoms with van der Waals surface area (Å²) in [5.74, 6) is -2.51. The van der Waals surface area contributed by atoms with Crippen molar-refractivity contribution in [2.45, 2.75) is 0 Å². The Hall–Kier alpha value is -2.83. The Balaban J connectivity index is 2.14. The number of benzene rings is 1. The monoisotopic (exact) mass is 249 g/mol. The Labute approximate surface area is 100 Å². The number of rotatable bonds is 3. The number of phenolic OH excluding ortho intramolecular Hbond substituents is 1. The molecule has 0 aliphatic carbocycles. The van der Waals surface area contributed by atoms with E-state index in [-0.39, 0.29) is 17.3 Å². The lowest BCUT2D eigenvalue weighted by molar-refractivity contribution is 0.0668. The highest BCUT2D eigenvalue weighted by Crippen LogP contribution is 2.19. The highest BCUT2D eigenvalue weighted by Gasteiger charge is 2.18. The van der Waals surface area contributed by atoms with Crippen molar-refractivity contribution >= 4 is 11.9 Å². The molecule has 0 fully saturated rings. The minimum Gasteiger partial charge on any atom is -0.508 e. The van der Waals surface area contributed by atoms with Gasteiger partial charge in [0.1, 0.15) is 11.5 Å². The number of esters is 1. The zero-order chi connectivity index (χ0) is 13.1. The molecule has 0 radical (unpaired) electrons. The van der Waals surface area contributed by atoms with Gasteiger partial charge in [-0.15, -0.1) is 0 Å². The van der Waals surface area contributed by atoms with Crippen LogP contribution in [0.1, 0.15) is 21.0 Å². The molecule has 92 valence electrons. The van der Waals surface area contributed by atoms with Gasteiger partial charge in [0.2, 0.25) is 5.76 Å². The average Bonchev–Trinajstić information content (AvgIpc) is 2.78. The van der Waals surface area contributed by atoms with Gasteiger partial charge in [0.05, 0.1) is 0 Å². The normalized spacial score (nSPS) is 10.0. The molecule has 18 heavy (non-hydrogen) atoms. The van der Waals surface area contributed by atoms with Crippen LogP contribution in [0.4, 0.5) is 0 Å². The second kappa shape index (κ2) is 4.58. The van der Waals surface area contributed by atoms with Crippen LogP contribution >= 0.6 is 0 Å². The molecule has 0 atom stereocenters. The molecule has 7 nitrogen and oxygen atoms in total. The van der Waals surface area contributed by atoms with E-state index in [1.807, 2.05) is 0 Å². The molecule has 2 N–H and O–H groups in total. The van der Waals surface area contributed by atoms with E-state index in [0.29, 0.717) is 0 Å². The van der Waals surface area contributed by atoms with E-state index in [0.717, 1.165) is 6.07 Å². The van der Waals surface area contributed by atoms with Gasteiger partial charge >= 0.3 is 11.9 Å². The van der Waals surface area contributed by atoms with Crippen molar-refractivity contribution in [2.75, 3.05) is 0 Å². The zero-order valence-corrected chi connectivity index (χ0v) is 8.86. The fraction of sp³-hybridized carbons (Fsp3) is 0. The highest BCUT2D eigenvalue weighted by molar-refractivity contribution is 5.92. The van der Waals surface area contributed by atoms with E-state index in [4.69, 9.17) is 14.9 Å². The fourth-order valence-electron chi connectivity index (χ4n) is 1.18. The van der Waals surface area contributed by atoms with Gasteiger partial charge in [-0.05, 0) is 12.1 Å². The van der Waals surface area contributed by atoms with E-state index in [1.165, 1.54) is 24.3 Å². The summed E-state index contributed by atoms with van der Waals surface area (Å²) in [5, 5.41) is 20.9. The maximum absolute atomic E-state index is 11.5. The smallest absolute Gasteiger partial charge is 0.382 e. The largest absolute Gasteiger partial charge is 0.508 e. The molecular formula is C11H7NO6. The molecule has 0 spiro atoms. The van der Waals surface area contributed by atoms with Crippen LogP contribution in [0.2, 0.25) is 0 Å². The molecular weight excluding hydrogens is 242 g/mol. The number of aromatic hydroxyl groups is 1. The molecule has 2 aromatic rings. The minimum atomic E-state index is -1.31. The number of hydrogen-bond acceptors (Lipinski definition) is 6. The summed E-state index contributed by atoms with van der Waals surface area (Å²) in [6, 6.07) is 6.53. The first kappa shape index (κ1) is 11.6. The molecule has 0 saturated heterocycles. The van der Waals surface area contributed by atoms with Crippen LogP contribution in [0.3, 0.4) is 0 Å². The topological polar surface area (TPSA) is 110 Å². The number of carboxylic acid groups (broad SMARTS) is 1. The molecule has 7 heteroatoms. The van der Waals surface area contributed by atoms with Gasteiger partial charge in [0.25, 0.3) is 0 Å². The van der Waals surface area contributed by atoms with Crippen LogP contribution < -0.4 is 4.74 Å². The van der Waals surface area contributed by atoms with Gasteiger partial charge in [-0.25, -0.2) is 9.59 Å². The third kappa shape index (κ3) is 2.46. The van der Waals surface area contributed by atoms with E-state index < -0.39 is 17.6 Å². The number of carboxylic acids is 1. The molecule has 0 saturated carbocycles. The Morgan fingerprint density at radius 2 is 2.06 bits per heavy atom. The van der Waals surface area contributed by atoms with Crippen molar-refractivity contribution in [3.63, 3.8) is 0 Å². The second-order valence-corrected chi connectivity index (χ2v) is 3.27. The number of phenols is 1. The molecule has 0 aliphatic rings. The summed E-state index contributed by atoms with van der Waals surface area (Å²) in [7, 11) is 0. The minimum absolute atomic E-state index is 0.0657. The second-order valence-electron chi connectivity index (χ2n) is 3.27. The summed E-state index contributed by atoms with van der Waals surface area (Å²) in [6.45, 7) is 0. The van der Waals surface area contributed by atoms with Crippen LogP contribution in [-0.2, 0) is 0 Å². The number of aromatic nitrogens is 1. The number of nitrogens with zero attached hydrogens (tertiary/aromatic N) is 1. The molecule has 1 aromatic carbocycles. The molecule has 0 amide bonds. The van der Waals surface area contributed by atoms with Crippen LogP contribution in [0.5, 0.6) is 11.5 Å². The van der Waals surface area contributed by atoms with Gasteiger partial charge in [0.15, 0.2) is 5.69 Å². The van der Waals surface area contributed by atoms with Crippen LogP contribution in [0.15, 0.2) is 34.9 Å². The number of carbonyl (C=O) groups is 2. The van der Waals surface area contributed by atoms with Gasteiger partial charge < -0.3 is 19.5 Å². The Kier molecular flexibility index (Phi) is 2.96. The molecule has 1 aromatic heterocycles. The van der Waals surface area contributed by atoms with Crippen molar-refractivity contribution in [1.29, 1.82) is 0 Å². The van der Waals surface area contributed by atoms with Gasteiger partial charge in [-0.1, -0.05) is 11.2 Å². The Morgan fingerprint density at radius 1 is 1.28 bits per heavy atom. The van der Waals surface area contributed by atoms with Crippen molar-refractivity contribution in [2.24, 2.45) is 0 Å². The van der Waals surface area contributed by atoms with E-state index >= 15 is 0 Å². The Morgan fingerprint density at radius 3 is 2.67 bits per heavy atom. The average molecular weight is 249 g/mol. The first-order valence-corrected chi connectivity index (χ1v) is 4.77. The molecule has 1 heterocycles. The number of aromatic carboxylic acids is 1. The lowest BCUT2D eigenvalue weighted by atomic mass is 10.3. The van der Waals surface area contributed by atoms with Gasteiger partial charge in [0, 0.05) is 12.1 Å². The summed E-state index contributed by atoms with van der Waals surface area (Å²) >= 11 is 0. The lowest BCUT2D eigenvalue weighted by Crippen LogP contribution is -2.07. The van der Waals surface area contributed by atoms with E-state index in [2.05, 4.69) is 9.68 Å².